The fourth-order valence-corrected chi connectivity index (χ4v) is 2.69. The minimum Gasteiger partial charge on any atom is -0.326 e. The summed E-state index contributed by atoms with van der Waals surface area (Å²) in [5.74, 6) is 0.0604. The standard InChI is InChI=1S/C20H19N5O4/c1-2-4-19(27)22-16-9-7-14(8-10-16)18(26)12-24-13-21-20(23-24)15-5-3-6-17(11-15)25(28)29/h3,5-11,13H,2,4,12H2,1H3,(H,22,27). The first-order valence-electron chi connectivity index (χ1n) is 9.03. The van der Waals surface area contributed by atoms with Gasteiger partial charge < -0.3 is 5.32 Å². The molecule has 9 nitrogen and oxygen atoms in total. The Morgan fingerprint density at radius 2 is 1.93 bits per heavy atom. The van der Waals surface area contributed by atoms with Crippen LogP contribution in [0.15, 0.2) is 54.9 Å². The van der Waals surface area contributed by atoms with Gasteiger partial charge in [-0.15, -0.1) is 0 Å². The molecule has 9 heteroatoms. The van der Waals surface area contributed by atoms with Crippen LogP contribution >= 0.6 is 0 Å². The molecule has 1 N–H and O–H groups in total. The lowest BCUT2D eigenvalue weighted by Gasteiger charge is -2.06. The van der Waals surface area contributed by atoms with E-state index in [-0.39, 0.29) is 23.9 Å². The van der Waals surface area contributed by atoms with Crippen LogP contribution in [-0.4, -0.2) is 31.4 Å². The highest BCUT2D eigenvalue weighted by Crippen LogP contribution is 2.20. The molecule has 2 aromatic carbocycles. The van der Waals surface area contributed by atoms with E-state index >= 15 is 0 Å². The van der Waals surface area contributed by atoms with Gasteiger partial charge in [-0.1, -0.05) is 19.1 Å². The fourth-order valence-electron chi connectivity index (χ4n) is 2.69. The van der Waals surface area contributed by atoms with Crippen molar-refractivity contribution in [3.63, 3.8) is 0 Å². The summed E-state index contributed by atoms with van der Waals surface area (Å²) in [6.07, 6.45) is 2.61. The smallest absolute Gasteiger partial charge is 0.270 e. The molecule has 3 rings (SSSR count). The van der Waals surface area contributed by atoms with E-state index in [2.05, 4.69) is 15.4 Å². The number of carbonyl (C=O) groups is 2. The van der Waals surface area contributed by atoms with E-state index in [4.69, 9.17) is 0 Å². The molecule has 1 amide bonds. The van der Waals surface area contributed by atoms with Crippen LogP contribution in [-0.2, 0) is 11.3 Å². The molecule has 0 saturated carbocycles. The number of nitro groups is 1. The number of non-ortho nitro benzene ring substituents is 1. The summed E-state index contributed by atoms with van der Waals surface area (Å²) in [5.41, 5.74) is 1.55. The summed E-state index contributed by atoms with van der Waals surface area (Å²) in [7, 11) is 0. The quantitative estimate of drug-likeness (QED) is 0.355. The van der Waals surface area contributed by atoms with Crippen molar-refractivity contribution in [1.82, 2.24) is 14.8 Å². The Kier molecular flexibility index (Phi) is 6.08. The molecule has 0 spiro atoms. The number of hydrogen-bond donors (Lipinski definition) is 1. The molecule has 0 fully saturated rings. The maximum absolute atomic E-state index is 12.5. The maximum atomic E-state index is 12.5. The molecule has 0 aliphatic heterocycles. The molecular weight excluding hydrogens is 374 g/mol. The van der Waals surface area contributed by atoms with Gasteiger partial charge in [0.25, 0.3) is 5.69 Å². The first-order valence-corrected chi connectivity index (χ1v) is 9.03. The van der Waals surface area contributed by atoms with E-state index in [0.29, 0.717) is 29.1 Å². The summed E-state index contributed by atoms with van der Waals surface area (Å²) in [6, 6.07) is 12.6. The predicted molar refractivity (Wildman–Crippen MR) is 106 cm³/mol. The van der Waals surface area contributed by atoms with Crippen molar-refractivity contribution < 1.29 is 14.5 Å². The molecule has 0 aliphatic carbocycles. The lowest BCUT2D eigenvalue weighted by Crippen LogP contribution is -2.12. The van der Waals surface area contributed by atoms with E-state index in [0.717, 1.165) is 6.42 Å². The molecule has 1 heterocycles. The third-order valence-corrected chi connectivity index (χ3v) is 4.12. The van der Waals surface area contributed by atoms with Crippen LogP contribution < -0.4 is 5.32 Å². The first kappa shape index (κ1) is 19.9. The van der Waals surface area contributed by atoms with Crippen LogP contribution in [0, 0.1) is 10.1 Å². The minimum absolute atomic E-state index is 0.0243. The number of amides is 1. The van der Waals surface area contributed by atoms with Gasteiger partial charge in [0.1, 0.15) is 12.9 Å². The van der Waals surface area contributed by atoms with Crippen molar-refractivity contribution in [2.75, 3.05) is 5.32 Å². The molecule has 0 aliphatic rings. The highest BCUT2D eigenvalue weighted by Gasteiger charge is 2.13. The van der Waals surface area contributed by atoms with Gasteiger partial charge in [-0.3, -0.25) is 19.7 Å². The second-order valence-corrected chi connectivity index (χ2v) is 6.37. The molecule has 0 atom stereocenters. The zero-order valence-corrected chi connectivity index (χ0v) is 15.7. The molecular formula is C20H19N5O4. The van der Waals surface area contributed by atoms with Gasteiger partial charge in [0, 0.05) is 35.4 Å². The molecule has 148 valence electrons. The Labute approximate surface area is 166 Å². The summed E-state index contributed by atoms with van der Waals surface area (Å²) >= 11 is 0. The number of Topliss-reactive ketones (excluding diaryl/α,β-unsaturated/α-hetero) is 1. The number of ketones is 1. The van der Waals surface area contributed by atoms with Crippen LogP contribution in [0.25, 0.3) is 11.4 Å². The molecule has 0 radical (unpaired) electrons. The van der Waals surface area contributed by atoms with Crippen molar-refractivity contribution in [2.45, 2.75) is 26.3 Å². The number of benzene rings is 2. The Morgan fingerprint density at radius 3 is 2.62 bits per heavy atom. The van der Waals surface area contributed by atoms with E-state index in [1.807, 2.05) is 6.92 Å². The van der Waals surface area contributed by atoms with Gasteiger partial charge >= 0.3 is 0 Å². The second-order valence-electron chi connectivity index (χ2n) is 6.37. The molecule has 3 aromatic rings. The lowest BCUT2D eigenvalue weighted by atomic mass is 10.1. The second kappa shape index (κ2) is 8.87. The van der Waals surface area contributed by atoms with Gasteiger partial charge in [0.05, 0.1) is 4.92 Å². The van der Waals surface area contributed by atoms with Crippen LogP contribution in [0.4, 0.5) is 11.4 Å². The van der Waals surface area contributed by atoms with Crippen molar-refractivity contribution in [2.24, 2.45) is 0 Å². The van der Waals surface area contributed by atoms with Gasteiger partial charge in [0.2, 0.25) is 5.91 Å². The summed E-state index contributed by atoms with van der Waals surface area (Å²) in [5, 5.41) is 17.9. The number of anilines is 1. The number of hydrogen-bond acceptors (Lipinski definition) is 6. The largest absolute Gasteiger partial charge is 0.326 e. The Bertz CT molecular complexity index is 1040. The van der Waals surface area contributed by atoms with E-state index in [1.165, 1.54) is 23.1 Å². The van der Waals surface area contributed by atoms with Crippen LogP contribution in [0.1, 0.15) is 30.1 Å². The highest BCUT2D eigenvalue weighted by molar-refractivity contribution is 5.97. The van der Waals surface area contributed by atoms with Gasteiger partial charge in [-0.05, 0) is 30.7 Å². The minimum atomic E-state index is -0.488. The topological polar surface area (TPSA) is 120 Å². The number of rotatable bonds is 8. The number of aromatic nitrogens is 3. The average molecular weight is 393 g/mol. The fraction of sp³-hybridized carbons (Fsp3) is 0.200. The molecule has 0 saturated heterocycles. The number of nitrogens with one attached hydrogen (secondary N) is 1. The summed E-state index contributed by atoms with van der Waals surface area (Å²) < 4.78 is 1.38. The zero-order chi connectivity index (χ0) is 20.8. The van der Waals surface area contributed by atoms with E-state index < -0.39 is 4.92 Å². The Hall–Kier alpha value is -3.88. The zero-order valence-electron chi connectivity index (χ0n) is 15.7. The number of carbonyl (C=O) groups excluding carboxylic acids is 2. The van der Waals surface area contributed by atoms with Crippen molar-refractivity contribution >= 4 is 23.1 Å². The number of nitrogens with zero attached hydrogens (tertiary/aromatic N) is 4. The van der Waals surface area contributed by atoms with Crippen LogP contribution in [0.2, 0.25) is 0 Å². The Morgan fingerprint density at radius 1 is 1.17 bits per heavy atom. The lowest BCUT2D eigenvalue weighted by molar-refractivity contribution is -0.384. The molecule has 0 bridgehead atoms. The normalized spacial score (nSPS) is 10.5. The Balaban J connectivity index is 1.66. The monoisotopic (exact) mass is 393 g/mol. The third-order valence-electron chi connectivity index (χ3n) is 4.12. The molecule has 1 aromatic heterocycles. The maximum Gasteiger partial charge on any atom is 0.270 e. The van der Waals surface area contributed by atoms with Gasteiger partial charge in [0.15, 0.2) is 11.6 Å². The first-order chi connectivity index (χ1) is 14.0. The van der Waals surface area contributed by atoms with Crippen molar-refractivity contribution in [1.29, 1.82) is 0 Å². The van der Waals surface area contributed by atoms with Crippen LogP contribution in [0.3, 0.4) is 0 Å². The SMILES string of the molecule is CCCC(=O)Nc1ccc(C(=O)Cn2cnc(-c3cccc([N+](=O)[O-])c3)n2)cc1. The number of nitro benzene ring substituents is 1. The van der Waals surface area contributed by atoms with Crippen LogP contribution in [0.5, 0.6) is 0 Å². The van der Waals surface area contributed by atoms with Gasteiger partial charge in [-0.25, -0.2) is 9.67 Å². The van der Waals surface area contributed by atoms with Crippen molar-refractivity contribution in [3.8, 4) is 11.4 Å². The summed E-state index contributed by atoms with van der Waals surface area (Å²) in [4.78, 5) is 38.6. The predicted octanol–water partition coefficient (Wildman–Crippen LogP) is 3.47. The van der Waals surface area contributed by atoms with Gasteiger partial charge in [-0.2, -0.15) is 5.10 Å². The molecule has 0 unspecified atom stereocenters. The highest BCUT2D eigenvalue weighted by atomic mass is 16.6. The summed E-state index contributed by atoms with van der Waals surface area (Å²) in [6.45, 7) is 1.90. The van der Waals surface area contributed by atoms with Crippen molar-refractivity contribution in [3.05, 3.63) is 70.5 Å². The third kappa shape index (κ3) is 5.10. The van der Waals surface area contributed by atoms with E-state index in [1.54, 1.807) is 36.4 Å². The molecule has 29 heavy (non-hydrogen) atoms. The average Bonchev–Trinajstić information content (AvgIpc) is 3.17. The van der Waals surface area contributed by atoms with E-state index in [9.17, 15) is 19.7 Å².